The van der Waals surface area contributed by atoms with Gasteiger partial charge in [-0.3, -0.25) is 14.5 Å². The quantitative estimate of drug-likeness (QED) is 0.592. The van der Waals surface area contributed by atoms with Crippen molar-refractivity contribution in [1.82, 2.24) is 4.90 Å². The predicted octanol–water partition coefficient (Wildman–Crippen LogP) is 3.69. The van der Waals surface area contributed by atoms with Crippen LogP contribution in [0.1, 0.15) is 17.5 Å². The predicted molar refractivity (Wildman–Crippen MR) is 99.8 cm³/mol. The van der Waals surface area contributed by atoms with Gasteiger partial charge in [0.1, 0.15) is 0 Å². The van der Waals surface area contributed by atoms with E-state index in [1.165, 1.54) is 28.2 Å². The average Bonchev–Trinajstić information content (AvgIpc) is 2.96. The minimum atomic E-state index is -2.50. The van der Waals surface area contributed by atoms with Gasteiger partial charge in [0.15, 0.2) is 0 Å². The van der Waals surface area contributed by atoms with Crippen molar-refractivity contribution in [1.29, 1.82) is 0 Å². The van der Waals surface area contributed by atoms with Gasteiger partial charge in [-0.2, -0.15) is 8.78 Å². The molecule has 0 unspecified atom stereocenters. The van der Waals surface area contributed by atoms with Crippen LogP contribution in [-0.4, -0.2) is 35.1 Å². The van der Waals surface area contributed by atoms with Crippen LogP contribution in [0.4, 0.5) is 14.5 Å². The number of benzene rings is 2. The number of thioether (sulfide) groups is 1. The fourth-order valence-electron chi connectivity index (χ4n) is 3.73. The number of halogens is 2. The summed E-state index contributed by atoms with van der Waals surface area (Å²) in [5, 5.41) is 0. The third-order valence-electron chi connectivity index (χ3n) is 5.04. The second kappa shape index (κ2) is 7.40. The van der Waals surface area contributed by atoms with E-state index in [0.29, 0.717) is 28.9 Å². The molecule has 2 aliphatic heterocycles. The maximum absolute atomic E-state index is 12.9. The zero-order valence-corrected chi connectivity index (χ0v) is 15.3. The van der Waals surface area contributed by atoms with Crippen molar-refractivity contribution in [2.45, 2.75) is 36.1 Å². The van der Waals surface area contributed by atoms with Gasteiger partial charge < -0.3 is 0 Å². The van der Waals surface area contributed by atoms with Crippen molar-refractivity contribution < 1.29 is 18.4 Å². The van der Waals surface area contributed by atoms with Crippen LogP contribution in [0.15, 0.2) is 53.4 Å². The Kier molecular flexibility index (Phi) is 4.97. The number of fused-ring (bicyclic) bond motifs is 1. The van der Waals surface area contributed by atoms with Crippen molar-refractivity contribution in [3.05, 3.63) is 59.7 Å². The SMILES string of the molecule is O=C1C[C@@H](N2CCc3ccccc3C2)C(=O)N1c1ccc(SC(F)F)cc1. The van der Waals surface area contributed by atoms with Gasteiger partial charge in [0, 0.05) is 18.0 Å². The number of hydrogen-bond acceptors (Lipinski definition) is 4. The van der Waals surface area contributed by atoms with Gasteiger partial charge >= 0.3 is 0 Å². The normalized spacial score (nSPS) is 20.4. The molecule has 4 rings (SSSR count). The maximum atomic E-state index is 12.9. The largest absolute Gasteiger partial charge is 0.288 e. The van der Waals surface area contributed by atoms with Gasteiger partial charge in [0.2, 0.25) is 5.91 Å². The monoisotopic (exact) mass is 388 g/mol. The Bertz CT molecular complexity index is 873. The fraction of sp³-hybridized carbons (Fsp3) is 0.300. The Morgan fingerprint density at radius 1 is 1.00 bits per heavy atom. The molecule has 140 valence electrons. The lowest BCUT2D eigenvalue weighted by Gasteiger charge is -2.32. The summed E-state index contributed by atoms with van der Waals surface area (Å²) in [5.41, 5.74) is 2.91. The molecule has 1 saturated heterocycles. The van der Waals surface area contributed by atoms with Crippen molar-refractivity contribution in [3.8, 4) is 0 Å². The number of nitrogens with zero attached hydrogens (tertiary/aromatic N) is 2. The van der Waals surface area contributed by atoms with Crippen molar-refractivity contribution in [3.63, 3.8) is 0 Å². The van der Waals surface area contributed by atoms with Gasteiger partial charge in [-0.15, -0.1) is 0 Å². The van der Waals surface area contributed by atoms with Crippen LogP contribution in [0, 0.1) is 0 Å². The Morgan fingerprint density at radius 3 is 2.41 bits per heavy atom. The summed E-state index contributed by atoms with van der Waals surface area (Å²) in [7, 11) is 0. The van der Waals surface area contributed by atoms with Gasteiger partial charge in [-0.05, 0) is 41.8 Å². The molecule has 2 aromatic carbocycles. The van der Waals surface area contributed by atoms with E-state index in [-0.39, 0.29) is 18.2 Å². The first-order valence-corrected chi connectivity index (χ1v) is 9.63. The van der Waals surface area contributed by atoms with Crippen LogP contribution in [0.2, 0.25) is 0 Å². The molecule has 0 spiro atoms. The average molecular weight is 388 g/mol. The number of carbonyl (C=O) groups excluding carboxylic acids is 2. The van der Waals surface area contributed by atoms with E-state index in [1.54, 1.807) is 12.1 Å². The van der Waals surface area contributed by atoms with Crippen LogP contribution in [0.5, 0.6) is 0 Å². The van der Waals surface area contributed by atoms with Gasteiger partial charge in [0.05, 0.1) is 18.2 Å². The topological polar surface area (TPSA) is 40.6 Å². The first-order valence-electron chi connectivity index (χ1n) is 8.75. The summed E-state index contributed by atoms with van der Waals surface area (Å²) in [6.07, 6.45) is 1.00. The Labute approximate surface area is 160 Å². The van der Waals surface area contributed by atoms with E-state index in [0.717, 1.165) is 13.0 Å². The number of hydrogen-bond donors (Lipinski definition) is 0. The fourth-order valence-corrected chi connectivity index (χ4v) is 4.23. The van der Waals surface area contributed by atoms with Crippen LogP contribution in [-0.2, 0) is 22.6 Å². The van der Waals surface area contributed by atoms with Crippen LogP contribution >= 0.6 is 11.8 Å². The second-order valence-corrected chi connectivity index (χ2v) is 7.71. The molecule has 1 fully saturated rings. The number of rotatable bonds is 4. The standard InChI is InChI=1S/C20H18F2N2O2S/c21-20(22)27-16-7-5-15(6-8-16)24-18(25)11-17(19(24)26)23-10-9-13-3-1-2-4-14(13)12-23/h1-8,17,20H,9-12H2/t17-/m1/s1. The van der Waals surface area contributed by atoms with Crippen LogP contribution in [0.3, 0.4) is 0 Å². The van der Waals surface area contributed by atoms with Gasteiger partial charge in [-0.1, -0.05) is 36.0 Å². The van der Waals surface area contributed by atoms with Gasteiger partial charge in [0.25, 0.3) is 11.7 Å². The number of imide groups is 1. The molecule has 0 aromatic heterocycles. The molecule has 0 bridgehead atoms. The van der Waals surface area contributed by atoms with Crippen molar-refractivity contribution in [2.75, 3.05) is 11.4 Å². The van der Waals surface area contributed by atoms with E-state index in [4.69, 9.17) is 0 Å². The number of alkyl halides is 2. The molecule has 2 amide bonds. The molecule has 0 N–H and O–H groups in total. The molecule has 7 heteroatoms. The highest BCUT2D eigenvalue weighted by molar-refractivity contribution is 7.99. The number of anilines is 1. The van der Waals surface area contributed by atoms with E-state index >= 15 is 0 Å². The molecule has 0 saturated carbocycles. The molecule has 0 aliphatic carbocycles. The van der Waals surface area contributed by atoms with E-state index in [9.17, 15) is 18.4 Å². The molecule has 4 nitrogen and oxygen atoms in total. The molecule has 2 heterocycles. The summed E-state index contributed by atoms with van der Waals surface area (Å²) >= 11 is 0.438. The van der Waals surface area contributed by atoms with Crippen molar-refractivity contribution in [2.24, 2.45) is 0 Å². The lowest BCUT2D eigenvalue weighted by Crippen LogP contribution is -2.44. The molecule has 2 aliphatic rings. The maximum Gasteiger partial charge on any atom is 0.288 e. The highest BCUT2D eigenvalue weighted by Gasteiger charge is 2.43. The zero-order valence-electron chi connectivity index (χ0n) is 14.5. The van der Waals surface area contributed by atoms with E-state index < -0.39 is 11.8 Å². The van der Waals surface area contributed by atoms with E-state index in [2.05, 4.69) is 17.0 Å². The first-order chi connectivity index (χ1) is 13.0. The molecular formula is C20H18F2N2O2S. The van der Waals surface area contributed by atoms with Crippen LogP contribution in [0.25, 0.3) is 0 Å². The Morgan fingerprint density at radius 2 is 1.70 bits per heavy atom. The van der Waals surface area contributed by atoms with E-state index in [1.807, 2.05) is 12.1 Å². The smallest absolute Gasteiger partial charge is 0.287 e. The third-order valence-corrected chi connectivity index (χ3v) is 5.77. The summed E-state index contributed by atoms with van der Waals surface area (Å²) in [6.45, 7) is 1.39. The minimum absolute atomic E-state index is 0.147. The molecule has 1 atom stereocenters. The van der Waals surface area contributed by atoms with Crippen LogP contribution < -0.4 is 4.90 Å². The summed E-state index contributed by atoms with van der Waals surface area (Å²) in [5.74, 6) is -3.00. The Balaban J connectivity index is 1.51. The first kappa shape index (κ1) is 18.1. The second-order valence-electron chi connectivity index (χ2n) is 6.65. The lowest BCUT2D eigenvalue weighted by molar-refractivity contribution is -0.123. The zero-order chi connectivity index (χ0) is 19.0. The number of carbonyl (C=O) groups is 2. The summed E-state index contributed by atoms with van der Waals surface area (Å²) in [4.78, 5) is 29.1. The molecule has 2 aromatic rings. The summed E-state index contributed by atoms with van der Waals surface area (Å²) < 4.78 is 24.9. The minimum Gasteiger partial charge on any atom is -0.287 e. The van der Waals surface area contributed by atoms with Gasteiger partial charge in [-0.25, -0.2) is 4.90 Å². The molecule has 0 radical (unpaired) electrons. The molecule has 27 heavy (non-hydrogen) atoms. The number of amides is 2. The highest BCUT2D eigenvalue weighted by Crippen LogP contribution is 2.31. The summed E-state index contributed by atoms with van der Waals surface area (Å²) in [6, 6.07) is 13.8. The molecular weight excluding hydrogens is 370 g/mol. The lowest BCUT2D eigenvalue weighted by atomic mass is 9.98. The highest BCUT2D eigenvalue weighted by atomic mass is 32.2. The van der Waals surface area contributed by atoms with Crippen molar-refractivity contribution >= 4 is 29.3 Å². The Hall–Kier alpha value is -2.25. The third kappa shape index (κ3) is 3.61.